The molecule has 4 nitrogen and oxygen atoms in total. The van der Waals surface area contributed by atoms with Crippen molar-refractivity contribution in [2.24, 2.45) is 0 Å². The van der Waals surface area contributed by atoms with Gasteiger partial charge in [0.2, 0.25) is 0 Å². The van der Waals surface area contributed by atoms with E-state index < -0.39 is 5.82 Å². The SMILES string of the molecule is Nc1ccc2c(c1)nc(CO)n2-c1c(Cl)cc(F)cc1Br. The minimum Gasteiger partial charge on any atom is -0.399 e. The molecule has 0 bridgehead atoms. The Labute approximate surface area is 133 Å². The highest BCUT2D eigenvalue weighted by Crippen LogP contribution is 2.34. The van der Waals surface area contributed by atoms with Crippen LogP contribution in [0.3, 0.4) is 0 Å². The van der Waals surface area contributed by atoms with Crippen LogP contribution in [0.2, 0.25) is 5.02 Å². The summed E-state index contributed by atoms with van der Waals surface area (Å²) in [5.41, 5.74) is 8.19. The first kappa shape index (κ1) is 14.3. The van der Waals surface area contributed by atoms with E-state index in [4.69, 9.17) is 17.3 Å². The van der Waals surface area contributed by atoms with E-state index in [1.165, 1.54) is 12.1 Å². The largest absolute Gasteiger partial charge is 0.399 e. The molecule has 3 N–H and O–H groups in total. The second kappa shape index (κ2) is 5.29. The van der Waals surface area contributed by atoms with Crippen molar-refractivity contribution >= 4 is 44.3 Å². The molecule has 2 aromatic carbocycles. The standard InChI is InChI=1S/C14H10BrClFN3O/c15-9-3-7(17)4-10(16)14(9)20-12-2-1-8(18)5-11(12)19-13(20)6-21/h1-5,21H,6,18H2. The van der Waals surface area contributed by atoms with Crippen LogP contribution in [0.5, 0.6) is 0 Å². The first-order valence-corrected chi connectivity index (χ1v) is 7.21. The summed E-state index contributed by atoms with van der Waals surface area (Å²) in [7, 11) is 0. The average molecular weight is 371 g/mol. The number of halogens is 3. The van der Waals surface area contributed by atoms with E-state index in [1.54, 1.807) is 22.8 Å². The Morgan fingerprint density at radius 3 is 2.76 bits per heavy atom. The van der Waals surface area contributed by atoms with Gasteiger partial charge in [0.15, 0.2) is 0 Å². The summed E-state index contributed by atoms with van der Waals surface area (Å²) in [5.74, 6) is -0.0559. The number of nitrogens with zero attached hydrogens (tertiary/aromatic N) is 2. The summed E-state index contributed by atoms with van der Waals surface area (Å²) in [4.78, 5) is 4.33. The third-order valence-corrected chi connectivity index (χ3v) is 3.99. The predicted octanol–water partition coefficient (Wildman–Crippen LogP) is 3.66. The van der Waals surface area contributed by atoms with E-state index in [1.807, 2.05) is 0 Å². The number of imidazole rings is 1. The topological polar surface area (TPSA) is 64.1 Å². The van der Waals surface area contributed by atoms with Gasteiger partial charge >= 0.3 is 0 Å². The Hall–Kier alpha value is -1.63. The van der Waals surface area contributed by atoms with Gasteiger partial charge in [-0.1, -0.05) is 11.6 Å². The normalized spacial score (nSPS) is 11.2. The Bertz CT molecular complexity index is 827. The average Bonchev–Trinajstić information content (AvgIpc) is 2.75. The molecule has 3 aromatic rings. The number of rotatable bonds is 2. The zero-order valence-corrected chi connectivity index (χ0v) is 13.0. The molecular formula is C14H10BrClFN3O. The molecule has 0 unspecified atom stereocenters. The number of aliphatic hydroxyl groups excluding tert-OH is 1. The zero-order chi connectivity index (χ0) is 15.1. The van der Waals surface area contributed by atoms with Gasteiger partial charge < -0.3 is 10.8 Å². The zero-order valence-electron chi connectivity index (χ0n) is 10.6. The van der Waals surface area contributed by atoms with Crippen molar-refractivity contribution < 1.29 is 9.50 Å². The van der Waals surface area contributed by atoms with Crippen molar-refractivity contribution in [2.45, 2.75) is 6.61 Å². The maximum atomic E-state index is 13.4. The fourth-order valence-electron chi connectivity index (χ4n) is 2.25. The number of nitrogens with two attached hydrogens (primary N) is 1. The number of anilines is 1. The maximum absolute atomic E-state index is 13.4. The smallest absolute Gasteiger partial charge is 0.140 e. The molecule has 3 rings (SSSR count). The van der Waals surface area contributed by atoms with Gasteiger partial charge in [-0.2, -0.15) is 0 Å². The lowest BCUT2D eigenvalue weighted by molar-refractivity contribution is 0.270. The number of hydrogen-bond donors (Lipinski definition) is 2. The number of nitrogen functional groups attached to an aromatic ring is 1. The van der Waals surface area contributed by atoms with Crippen molar-refractivity contribution in [2.75, 3.05) is 5.73 Å². The molecule has 0 fully saturated rings. The molecule has 7 heteroatoms. The lowest BCUT2D eigenvalue weighted by Gasteiger charge is -2.12. The minimum absolute atomic E-state index is 0.215. The Morgan fingerprint density at radius 2 is 2.10 bits per heavy atom. The number of fused-ring (bicyclic) bond motifs is 1. The molecule has 21 heavy (non-hydrogen) atoms. The summed E-state index contributed by atoms with van der Waals surface area (Å²) in [6, 6.07) is 7.74. The van der Waals surface area contributed by atoms with E-state index in [2.05, 4.69) is 20.9 Å². The molecule has 0 saturated carbocycles. The van der Waals surface area contributed by atoms with Gasteiger partial charge in [0.25, 0.3) is 0 Å². The quantitative estimate of drug-likeness (QED) is 0.677. The van der Waals surface area contributed by atoms with Crippen molar-refractivity contribution in [3.63, 3.8) is 0 Å². The molecule has 0 radical (unpaired) electrons. The molecule has 0 saturated heterocycles. The second-order valence-electron chi connectivity index (χ2n) is 4.49. The minimum atomic E-state index is -0.449. The van der Waals surface area contributed by atoms with Crippen LogP contribution in [0.1, 0.15) is 5.82 Å². The molecule has 0 atom stereocenters. The molecule has 0 aliphatic heterocycles. The van der Waals surface area contributed by atoms with Gasteiger partial charge in [0, 0.05) is 10.2 Å². The van der Waals surface area contributed by atoms with Gasteiger partial charge in [0.1, 0.15) is 18.2 Å². The number of aliphatic hydroxyl groups is 1. The highest BCUT2D eigenvalue weighted by Gasteiger charge is 2.17. The molecule has 1 heterocycles. The Morgan fingerprint density at radius 1 is 1.33 bits per heavy atom. The molecule has 0 amide bonds. The lowest BCUT2D eigenvalue weighted by atomic mass is 10.2. The van der Waals surface area contributed by atoms with Crippen LogP contribution in [-0.2, 0) is 6.61 Å². The lowest BCUT2D eigenvalue weighted by Crippen LogP contribution is -2.03. The first-order chi connectivity index (χ1) is 10.0. The number of aromatic nitrogens is 2. The third kappa shape index (κ3) is 2.39. The van der Waals surface area contributed by atoms with Crippen molar-refractivity contribution in [3.05, 3.63) is 51.5 Å². The molecule has 0 spiro atoms. The Balaban J connectivity index is 2.39. The van der Waals surface area contributed by atoms with E-state index >= 15 is 0 Å². The molecular weight excluding hydrogens is 361 g/mol. The first-order valence-electron chi connectivity index (χ1n) is 6.04. The van der Waals surface area contributed by atoms with Crippen LogP contribution >= 0.6 is 27.5 Å². The van der Waals surface area contributed by atoms with Gasteiger partial charge in [-0.3, -0.25) is 4.57 Å². The van der Waals surface area contributed by atoms with Crippen molar-refractivity contribution in [3.8, 4) is 5.69 Å². The van der Waals surface area contributed by atoms with Gasteiger partial charge in [-0.05, 0) is 46.3 Å². The molecule has 1 aromatic heterocycles. The van der Waals surface area contributed by atoms with E-state index in [9.17, 15) is 9.50 Å². The van der Waals surface area contributed by atoms with Crippen LogP contribution in [0.15, 0.2) is 34.8 Å². The van der Waals surface area contributed by atoms with Crippen LogP contribution < -0.4 is 5.73 Å². The highest BCUT2D eigenvalue weighted by molar-refractivity contribution is 9.10. The summed E-state index contributed by atoms with van der Waals surface area (Å²) >= 11 is 9.47. The fourth-order valence-corrected chi connectivity index (χ4v) is 3.27. The maximum Gasteiger partial charge on any atom is 0.140 e. The number of benzene rings is 2. The molecule has 0 aliphatic rings. The van der Waals surface area contributed by atoms with Gasteiger partial charge in [-0.15, -0.1) is 0 Å². The summed E-state index contributed by atoms with van der Waals surface area (Å²) < 4.78 is 15.5. The predicted molar refractivity (Wildman–Crippen MR) is 84.1 cm³/mol. The molecule has 0 aliphatic carbocycles. The highest BCUT2D eigenvalue weighted by atomic mass is 79.9. The van der Waals surface area contributed by atoms with Gasteiger partial charge in [-0.25, -0.2) is 9.37 Å². The second-order valence-corrected chi connectivity index (χ2v) is 5.75. The third-order valence-electron chi connectivity index (χ3n) is 3.09. The molecule has 108 valence electrons. The summed E-state index contributed by atoms with van der Waals surface area (Å²) in [6.07, 6.45) is 0. The fraction of sp³-hybridized carbons (Fsp3) is 0.0714. The van der Waals surface area contributed by atoms with Crippen LogP contribution in [0.25, 0.3) is 16.7 Å². The van der Waals surface area contributed by atoms with Crippen LogP contribution in [0, 0.1) is 5.82 Å². The monoisotopic (exact) mass is 369 g/mol. The van der Waals surface area contributed by atoms with Crippen molar-refractivity contribution in [1.29, 1.82) is 0 Å². The van der Waals surface area contributed by atoms with E-state index in [0.717, 1.165) is 5.52 Å². The summed E-state index contributed by atoms with van der Waals surface area (Å²) in [6.45, 7) is -0.283. The summed E-state index contributed by atoms with van der Waals surface area (Å²) in [5, 5.41) is 9.75. The van der Waals surface area contributed by atoms with Gasteiger partial charge in [0.05, 0.1) is 21.7 Å². The van der Waals surface area contributed by atoms with Crippen LogP contribution in [-0.4, -0.2) is 14.7 Å². The van der Waals surface area contributed by atoms with Crippen LogP contribution in [0.4, 0.5) is 10.1 Å². The Kier molecular flexibility index (Phi) is 3.61. The number of hydrogen-bond acceptors (Lipinski definition) is 3. The van der Waals surface area contributed by atoms with E-state index in [0.29, 0.717) is 27.2 Å². The van der Waals surface area contributed by atoms with Crippen molar-refractivity contribution in [1.82, 2.24) is 9.55 Å². The van der Waals surface area contributed by atoms with E-state index in [-0.39, 0.29) is 11.6 Å².